The number of halogens is 2. The highest BCUT2D eigenvalue weighted by molar-refractivity contribution is 6.31. The molecular weight excluding hydrogens is 275 g/mol. The fourth-order valence-electron chi connectivity index (χ4n) is 2.60. The van der Waals surface area contributed by atoms with Crippen molar-refractivity contribution in [2.75, 3.05) is 0 Å². The molecule has 1 nitrogen and oxygen atoms in total. The van der Waals surface area contributed by atoms with Gasteiger partial charge in [0, 0.05) is 17.4 Å². The Morgan fingerprint density at radius 1 is 1.20 bits per heavy atom. The minimum Gasteiger partial charge on any atom is -0.299 e. The molecule has 1 aliphatic rings. The molecular formula is C17H14ClFO. The summed E-state index contributed by atoms with van der Waals surface area (Å²) in [6, 6.07) is 14.3. The number of carbonyl (C=O) groups excluding carboxylic acids is 1. The van der Waals surface area contributed by atoms with Crippen molar-refractivity contribution in [1.29, 1.82) is 0 Å². The van der Waals surface area contributed by atoms with Crippen molar-refractivity contribution in [1.82, 2.24) is 0 Å². The molecule has 20 heavy (non-hydrogen) atoms. The van der Waals surface area contributed by atoms with Crippen molar-refractivity contribution in [2.24, 2.45) is 5.92 Å². The molecule has 0 heterocycles. The van der Waals surface area contributed by atoms with Crippen LogP contribution in [0.3, 0.4) is 0 Å². The average molecular weight is 289 g/mol. The standard InChI is InChI=1S/C17H14ClFO/c18-16-9-13(19)7-6-12(16)8-17(20)15-10-14(15)11-4-2-1-3-5-11/h1-7,9,14-15H,8,10H2. The summed E-state index contributed by atoms with van der Waals surface area (Å²) in [7, 11) is 0. The molecule has 1 aliphatic carbocycles. The van der Waals surface area contributed by atoms with E-state index >= 15 is 0 Å². The van der Waals surface area contributed by atoms with Gasteiger partial charge < -0.3 is 0 Å². The molecule has 0 bridgehead atoms. The summed E-state index contributed by atoms with van der Waals surface area (Å²) < 4.78 is 13.0. The second kappa shape index (κ2) is 5.37. The molecule has 3 rings (SSSR count). The van der Waals surface area contributed by atoms with Gasteiger partial charge in [0.05, 0.1) is 0 Å². The van der Waals surface area contributed by atoms with Crippen LogP contribution in [0.4, 0.5) is 4.39 Å². The lowest BCUT2D eigenvalue weighted by Crippen LogP contribution is -2.07. The van der Waals surface area contributed by atoms with Gasteiger partial charge in [-0.05, 0) is 35.6 Å². The van der Waals surface area contributed by atoms with E-state index in [0.29, 0.717) is 16.5 Å². The number of rotatable bonds is 4. The highest BCUT2D eigenvalue weighted by atomic mass is 35.5. The van der Waals surface area contributed by atoms with Gasteiger partial charge in [0.2, 0.25) is 0 Å². The summed E-state index contributed by atoms with van der Waals surface area (Å²) in [5.41, 5.74) is 1.92. The molecule has 2 aromatic rings. The number of Topliss-reactive ketones (excluding diaryl/α,β-unsaturated/α-hetero) is 1. The van der Waals surface area contributed by atoms with Crippen molar-refractivity contribution < 1.29 is 9.18 Å². The predicted molar refractivity (Wildman–Crippen MR) is 77.4 cm³/mol. The van der Waals surface area contributed by atoms with Gasteiger partial charge in [-0.3, -0.25) is 4.79 Å². The van der Waals surface area contributed by atoms with Crippen molar-refractivity contribution in [2.45, 2.75) is 18.8 Å². The van der Waals surface area contributed by atoms with Crippen LogP contribution in [0.1, 0.15) is 23.5 Å². The molecule has 1 saturated carbocycles. The zero-order valence-corrected chi connectivity index (χ0v) is 11.6. The van der Waals surface area contributed by atoms with Gasteiger partial charge in [-0.25, -0.2) is 4.39 Å². The third kappa shape index (κ3) is 2.75. The fraction of sp³-hybridized carbons (Fsp3) is 0.235. The summed E-state index contributed by atoms with van der Waals surface area (Å²) in [5, 5.41) is 0.329. The summed E-state index contributed by atoms with van der Waals surface area (Å²) in [6.07, 6.45) is 1.19. The Labute approximate surface area is 122 Å². The predicted octanol–water partition coefficient (Wildman–Crippen LogP) is 4.39. The quantitative estimate of drug-likeness (QED) is 0.815. The van der Waals surface area contributed by atoms with Gasteiger partial charge in [0.25, 0.3) is 0 Å². The lowest BCUT2D eigenvalue weighted by molar-refractivity contribution is -0.119. The smallest absolute Gasteiger partial charge is 0.141 e. The third-order valence-corrected chi connectivity index (χ3v) is 4.16. The molecule has 102 valence electrons. The summed E-state index contributed by atoms with van der Waals surface area (Å²) in [4.78, 5) is 12.2. The van der Waals surface area contributed by atoms with Crippen LogP contribution in [0.15, 0.2) is 48.5 Å². The zero-order chi connectivity index (χ0) is 14.1. The molecule has 0 aliphatic heterocycles. The zero-order valence-electron chi connectivity index (χ0n) is 10.9. The number of carbonyl (C=O) groups is 1. The van der Waals surface area contributed by atoms with Crippen LogP contribution >= 0.6 is 11.6 Å². The molecule has 0 amide bonds. The minimum atomic E-state index is -0.375. The normalized spacial score (nSPS) is 20.7. The maximum Gasteiger partial charge on any atom is 0.141 e. The summed E-state index contributed by atoms with van der Waals surface area (Å²) >= 11 is 5.96. The first-order valence-electron chi connectivity index (χ1n) is 6.67. The van der Waals surface area contributed by atoms with Gasteiger partial charge in [0.15, 0.2) is 0 Å². The van der Waals surface area contributed by atoms with Crippen LogP contribution in [0.5, 0.6) is 0 Å². The lowest BCUT2D eigenvalue weighted by Gasteiger charge is -2.04. The molecule has 2 atom stereocenters. The van der Waals surface area contributed by atoms with Crippen molar-refractivity contribution in [3.63, 3.8) is 0 Å². The Kier molecular flexibility index (Phi) is 3.58. The first-order valence-corrected chi connectivity index (χ1v) is 7.04. The van der Waals surface area contributed by atoms with E-state index in [9.17, 15) is 9.18 Å². The average Bonchev–Trinajstić information content (AvgIpc) is 3.23. The van der Waals surface area contributed by atoms with Gasteiger partial charge >= 0.3 is 0 Å². The molecule has 0 aromatic heterocycles. The van der Waals surface area contributed by atoms with Gasteiger partial charge in [-0.1, -0.05) is 48.0 Å². The summed E-state index contributed by atoms with van der Waals surface area (Å²) in [6.45, 7) is 0. The van der Waals surface area contributed by atoms with Crippen LogP contribution in [0.25, 0.3) is 0 Å². The van der Waals surface area contributed by atoms with Crippen LogP contribution in [0.2, 0.25) is 5.02 Å². The molecule has 0 spiro atoms. The second-order valence-electron chi connectivity index (χ2n) is 5.24. The van der Waals surface area contributed by atoms with E-state index in [0.717, 1.165) is 6.42 Å². The first kappa shape index (κ1) is 13.3. The largest absolute Gasteiger partial charge is 0.299 e. The van der Waals surface area contributed by atoms with Crippen LogP contribution in [-0.4, -0.2) is 5.78 Å². The van der Waals surface area contributed by atoms with Crippen LogP contribution in [-0.2, 0) is 11.2 Å². The molecule has 2 unspecified atom stereocenters. The van der Waals surface area contributed by atoms with E-state index in [1.165, 1.54) is 17.7 Å². The Hall–Kier alpha value is -1.67. The van der Waals surface area contributed by atoms with E-state index in [1.54, 1.807) is 6.07 Å². The van der Waals surface area contributed by atoms with E-state index in [-0.39, 0.29) is 23.9 Å². The number of hydrogen-bond acceptors (Lipinski definition) is 1. The molecule has 1 fully saturated rings. The third-order valence-electron chi connectivity index (χ3n) is 3.81. The van der Waals surface area contributed by atoms with E-state index in [2.05, 4.69) is 12.1 Å². The molecule has 0 saturated heterocycles. The Morgan fingerprint density at radius 3 is 2.65 bits per heavy atom. The molecule has 2 aromatic carbocycles. The van der Waals surface area contributed by atoms with Gasteiger partial charge in [-0.2, -0.15) is 0 Å². The van der Waals surface area contributed by atoms with Crippen molar-refractivity contribution >= 4 is 17.4 Å². The highest BCUT2D eigenvalue weighted by Crippen LogP contribution is 2.48. The highest BCUT2D eigenvalue weighted by Gasteiger charge is 2.43. The SMILES string of the molecule is O=C(Cc1ccc(F)cc1Cl)C1CC1c1ccccc1. The van der Waals surface area contributed by atoms with Gasteiger partial charge in [-0.15, -0.1) is 0 Å². The molecule has 3 heteroatoms. The Bertz CT molecular complexity index is 639. The Morgan fingerprint density at radius 2 is 1.95 bits per heavy atom. The maximum absolute atomic E-state index is 13.0. The Balaban J connectivity index is 1.67. The van der Waals surface area contributed by atoms with Gasteiger partial charge in [0.1, 0.15) is 11.6 Å². The van der Waals surface area contributed by atoms with Crippen LogP contribution in [0, 0.1) is 11.7 Å². The molecule has 0 radical (unpaired) electrons. The molecule has 0 N–H and O–H groups in total. The summed E-state index contributed by atoms with van der Waals surface area (Å²) in [5.74, 6) is 0.230. The topological polar surface area (TPSA) is 17.1 Å². The van der Waals surface area contributed by atoms with E-state index < -0.39 is 0 Å². The number of ketones is 1. The van der Waals surface area contributed by atoms with Crippen LogP contribution < -0.4 is 0 Å². The number of benzene rings is 2. The van der Waals surface area contributed by atoms with E-state index in [1.807, 2.05) is 18.2 Å². The van der Waals surface area contributed by atoms with E-state index in [4.69, 9.17) is 11.6 Å². The monoisotopic (exact) mass is 288 g/mol. The number of hydrogen-bond donors (Lipinski definition) is 0. The van der Waals surface area contributed by atoms with Crippen molar-refractivity contribution in [3.05, 3.63) is 70.5 Å². The second-order valence-corrected chi connectivity index (χ2v) is 5.65. The maximum atomic E-state index is 13.0. The lowest BCUT2D eigenvalue weighted by atomic mass is 10.0. The van der Waals surface area contributed by atoms with Crippen molar-refractivity contribution in [3.8, 4) is 0 Å². The minimum absolute atomic E-state index is 0.0820. The fourth-order valence-corrected chi connectivity index (χ4v) is 2.84. The first-order chi connectivity index (χ1) is 9.65.